The summed E-state index contributed by atoms with van der Waals surface area (Å²) in [5.41, 5.74) is 5.99. The summed E-state index contributed by atoms with van der Waals surface area (Å²) in [6.45, 7) is 0.746. The largest absolute Gasteiger partial charge is 0.330 e. The van der Waals surface area contributed by atoms with E-state index in [0.29, 0.717) is 0 Å². The van der Waals surface area contributed by atoms with Crippen molar-refractivity contribution in [3.63, 3.8) is 0 Å². The molecule has 2 rings (SSSR count). The third-order valence-electron chi connectivity index (χ3n) is 2.41. The number of nitrogens with two attached hydrogens (primary N) is 1. The molecule has 1 aromatic rings. The zero-order valence-electron chi connectivity index (χ0n) is 6.44. The standard InChI is InChI=1S/C8H9BrClNS/c9-5-3-6(12-7(5)10)8(4-11)1-2-8/h3H,1-2,4,11H2. The Morgan fingerprint density at radius 3 is 2.67 bits per heavy atom. The molecule has 1 aliphatic carbocycles. The predicted molar refractivity (Wildman–Crippen MR) is 57.0 cm³/mol. The maximum absolute atomic E-state index is 5.95. The second kappa shape index (κ2) is 2.98. The first-order valence-electron chi connectivity index (χ1n) is 3.83. The van der Waals surface area contributed by atoms with Gasteiger partial charge in [0.1, 0.15) is 4.34 Å². The Hall–Kier alpha value is 0.430. The fraction of sp³-hybridized carbons (Fsp3) is 0.500. The molecule has 0 saturated heterocycles. The Labute approximate surface area is 89.0 Å². The summed E-state index contributed by atoms with van der Waals surface area (Å²) in [5.74, 6) is 0. The summed E-state index contributed by atoms with van der Waals surface area (Å²) < 4.78 is 1.84. The smallest absolute Gasteiger partial charge is 0.107 e. The summed E-state index contributed by atoms with van der Waals surface area (Å²) in [5, 5.41) is 0. The van der Waals surface area contributed by atoms with Gasteiger partial charge in [-0.1, -0.05) is 11.6 Å². The first-order valence-corrected chi connectivity index (χ1v) is 5.82. The van der Waals surface area contributed by atoms with Gasteiger partial charge in [0.2, 0.25) is 0 Å². The summed E-state index contributed by atoms with van der Waals surface area (Å²) in [7, 11) is 0. The molecule has 0 amide bonds. The topological polar surface area (TPSA) is 26.0 Å². The van der Waals surface area contributed by atoms with E-state index in [9.17, 15) is 0 Å². The molecule has 4 heteroatoms. The molecule has 0 atom stereocenters. The minimum Gasteiger partial charge on any atom is -0.330 e. The van der Waals surface area contributed by atoms with Gasteiger partial charge < -0.3 is 5.73 Å². The van der Waals surface area contributed by atoms with Gasteiger partial charge in [-0.3, -0.25) is 0 Å². The van der Waals surface area contributed by atoms with Gasteiger partial charge in [0, 0.05) is 21.3 Å². The number of hydrogen-bond donors (Lipinski definition) is 1. The third kappa shape index (κ3) is 1.33. The van der Waals surface area contributed by atoms with Crippen molar-refractivity contribution in [2.24, 2.45) is 5.73 Å². The van der Waals surface area contributed by atoms with Crippen molar-refractivity contribution in [1.29, 1.82) is 0 Å². The summed E-state index contributed by atoms with van der Waals surface area (Å²) in [4.78, 5) is 1.34. The van der Waals surface area contributed by atoms with Gasteiger partial charge in [0.15, 0.2) is 0 Å². The summed E-state index contributed by atoms with van der Waals surface area (Å²) >= 11 is 11.0. The lowest BCUT2D eigenvalue weighted by molar-refractivity contribution is 0.720. The Morgan fingerprint density at radius 2 is 2.33 bits per heavy atom. The van der Waals surface area contributed by atoms with Crippen LogP contribution < -0.4 is 5.73 Å². The SMILES string of the molecule is NCC1(c2cc(Br)c(Cl)s2)CC1. The molecule has 1 heterocycles. The van der Waals surface area contributed by atoms with Crippen LogP contribution in [0.1, 0.15) is 17.7 Å². The van der Waals surface area contributed by atoms with E-state index in [-0.39, 0.29) is 5.41 Å². The van der Waals surface area contributed by atoms with Gasteiger partial charge in [-0.2, -0.15) is 0 Å². The maximum atomic E-state index is 5.95. The molecule has 66 valence electrons. The van der Waals surface area contributed by atoms with Crippen LogP contribution in [0.3, 0.4) is 0 Å². The molecule has 1 nitrogen and oxygen atoms in total. The molecule has 0 spiro atoms. The van der Waals surface area contributed by atoms with Crippen LogP contribution in [0.2, 0.25) is 4.34 Å². The van der Waals surface area contributed by atoms with E-state index in [0.717, 1.165) is 15.4 Å². The highest BCUT2D eigenvalue weighted by atomic mass is 79.9. The van der Waals surface area contributed by atoms with Crippen LogP contribution in [-0.4, -0.2) is 6.54 Å². The minimum absolute atomic E-state index is 0.278. The fourth-order valence-corrected chi connectivity index (χ4v) is 3.27. The van der Waals surface area contributed by atoms with Gasteiger partial charge >= 0.3 is 0 Å². The second-order valence-corrected chi connectivity index (χ2v) is 5.73. The quantitative estimate of drug-likeness (QED) is 0.874. The van der Waals surface area contributed by atoms with Crippen molar-refractivity contribution in [2.45, 2.75) is 18.3 Å². The number of rotatable bonds is 2. The lowest BCUT2D eigenvalue weighted by Gasteiger charge is -2.07. The number of halogens is 2. The highest BCUT2D eigenvalue weighted by Gasteiger charge is 2.44. The van der Waals surface area contributed by atoms with Crippen LogP contribution in [0.25, 0.3) is 0 Å². The van der Waals surface area contributed by atoms with E-state index in [4.69, 9.17) is 17.3 Å². The van der Waals surface area contributed by atoms with Crippen LogP contribution in [0.15, 0.2) is 10.5 Å². The molecule has 0 radical (unpaired) electrons. The Morgan fingerprint density at radius 1 is 1.67 bits per heavy atom. The molecule has 2 N–H and O–H groups in total. The molecule has 1 aromatic heterocycles. The second-order valence-electron chi connectivity index (χ2n) is 3.22. The van der Waals surface area contributed by atoms with Crippen molar-refractivity contribution in [1.82, 2.24) is 0 Å². The Balaban J connectivity index is 2.34. The van der Waals surface area contributed by atoms with Crippen molar-refractivity contribution >= 4 is 38.9 Å². The maximum Gasteiger partial charge on any atom is 0.107 e. The van der Waals surface area contributed by atoms with Crippen LogP contribution in [0.5, 0.6) is 0 Å². The zero-order chi connectivity index (χ0) is 8.77. The first kappa shape index (κ1) is 9.00. The highest BCUT2D eigenvalue weighted by molar-refractivity contribution is 9.10. The third-order valence-corrected chi connectivity index (χ3v) is 5.13. The lowest BCUT2D eigenvalue weighted by Crippen LogP contribution is -2.18. The van der Waals surface area contributed by atoms with Crippen molar-refractivity contribution < 1.29 is 0 Å². The van der Waals surface area contributed by atoms with Crippen LogP contribution >= 0.6 is 38.9 Å². The Bertz CT molecular complexity index is 287. The molecule has 0 bridgehead atoms. The molecule has 0 unspecified atom stereocenters. The van der Waals surface area contributed by atoms with E-state index >= 15 is 0 Å². The van der Waals surface area contributed by atoms with Gasteiger partial charge in [0.05, 0.1) is 0 Å². The zero-order valence-corrected chi connectivity index (χ0v) is 9.60. The molecule has 0 aromatic carbocycles. The monoisotopic (exact) mass is 265 g/mol. The predicted octanol–water partition coefficient (Wildman–Crippen LogP) is 3.15. The van der Waals surface area contributed by atoms with Crippen molar-refractivity contribution in [3.05, 3.63) is 19.8 Å². The van der Waals surface area contributed by atoms with Crippen LogP contribution in [-0.2, 0) is 5.41 Å². The van der Waals surface area contributed by atoms with E-state index in [1.807, 2.05) is 0 Å². The van der Waals surface area contributed by atoms with Gasteiger partial charge in [-0.05, 0) is 34.8 Å². The van der Waals surface area contributed by atoms with Gasteiger partial charge in [-0.15, -0.1) is 11.3 Å². The molecular formula is C8H9BrClNS. The van der Waals surface area contributed by atoms with E-state index in [1.54, 1.807) is 11.3 Å². The van der Waals surface area contributed by atoms with Gasteiger partial charge in [-0.25, -0.2) is 0 Å². The molecule has 1 fully saturated rings. The van der Waals surface area contributed by atoms with Gasteiger partial charge in [0.25, 0.3) is 0 Å². The van der Waals surface area contributed by atoms with E-state index < -0.39 is 0 Å². The van der Waals surface area contributed by atoms with Crippen LogP contribution in [0.4, 0.5) is 0 Å². The first-order chi connectivity index (χ1) is 5.68. The van der Waals surface area contributed by atoms with Crippen molar-refractivity contribution in [3.8, 4) is 0 Å². The lowest BCUT2D eigenvalue weighted by atomic mass is 10.1. The Kier molecular flexibility index (Phi) is 2.24. The number of thiophene rings is 1. The number of hydrogen-bond acceptors (Lipinski definition) is 2. The molecule has 12 heavy (non-hydrogen) atoms. The average Bonchev–Trinajstić information content (AvgIpc) is 2.77. The molecule has 1 saturated carbocycles. The average molecular weight is 267 g/mol. The normalized spacial score (nSPS) is 19.6. The summed E-state index contributed by atoms with van der Waals surface area (Å²) in [6.07, 6.45) is 2.43. The minimum atomic E-state index is 0.278. The molecular weight excluding hydrogens is 258 g/mol. The molecule has 0 aliphatic heterocycles. The molecule has 1 aliphatic rings. The van der Waals surface area contributed by atoms with Crippen molar-refractivity contribution in [2.75, 3.05) is 6.54 Å². The highest BCUT2D eigenvalue weighted by Crippen LogP contribution is 2.51. The fourth-order valence-electron chi connectivity index (χ4n) is 1.31. The van der Waals surface area contributed by atoms with E-state index in [1.165, 1.54) is 17.7 Å². The summed E-state index contributed by atoms with van der Waals surface area (Å²) in [6, 6.07) is 2.10. The van der Waals surface area contributed by atoms with Crippen LogP contribution in [0, 0.1) is 0 Å². The van der Waals surface area contributed by atoms with E-state index in [2.05, 4.69) is 22.0 Å².